The van der Waals surface area contributed by atoms with Gasteiger partial charge in [-0.15, -0.1) is 0 Å². The van der Waals surface area contributed by atoms with Crippen molar-refractivity contribution in [3.8, 4) is 0 Å². The molecule has 1 N–H and O–H groups in total. The van der Waals surface area contributed by atoms with E-state index < -0.39 is 0 Å². The molecule has 0 atom stereocenters. The second kappa shape index (κ2) is 15.5. The molecule has 0 unspecified atom stereocenters. The average molecular weight is 297 g/mol. The van der Waals surface area contributed by atoms with Gasteiger partial charge in [0.05, 0.1) is 6.54 Å². The van der Waals surface area contributed by atoms with Gasteiger partial charge >= 0.3 is 0 Å². The van der Waals surface area contributed by atoms with Crippen molar-refractivity contribution < 1.29 is 9.59 Å². The minimum absolute atomic E-state index is 0.0269. The van der Waals surface area contributed by atoms with E-state index in [9.17, 15) is 9.59 Å². The van der Waals surface area contributed by atoms with Gasteiger partial charge in [-0.3, -0.25) is 9.59 Å². The Hall–Kier alpha value is -0.860. The van der Waals surface area contributed by atoms with Crippen LogP contribution in [0.15, 0.2) is 0 Å². The molecule has 0 aliphatic heterocycles. The van der Waals surface area contributed by atoms with E-state index in [4.69, 9.17) is 0 Å². The van der Waals surface area contributed by atoms with Crippen LogP contribution in [0.1, 0.15) is 97.3 Å². The summed E-state index contributed by atoms with van der Waals surface area (Å²) in [6.45, 7) is 4.60. The lowest BCUT2D eigenvalue weighted by molar-refractivity contribution is -0.125. The Labute approximate surface area is 131 Å². The van der Waals surface area contributed by atoms with Gasteiger partial charge in [-0.05, 0) is 12.8 Å². The van der Waals surface area contributed by atoms with Gasteiger partial charge < -0.3 is 5.32 Å². The van der Waals surface area contributed by atoms with Crippen LogP contribution in [0.25, 0.3) is 0 Å². The summed E-state index contributed by atoms with van der Waals surface area (Å²) in [5.74, 6) is 0.199. The lowest BCUT2D eigenvalue weighted by Gasteiger charge is -2.05. The maximum Gasteiger partial charge on any atom is 0.220 e. The number of nitrogens with one attached hydrogen (secondary N) is 1. The van der Waals surface area contributed by atoms with E-state index in [0.717, 1.165) is 25.7 Å². The molecule has 3 heteroatoms. The first kappa shape index (κ1) is 20.1. The van der Waals surface area contributed by atoms with E-state index in [2.05, 4.69) is 19.2 Å². The molecule has 0 fully saturated rings. The molecule has 0 saturated heterocycles. The van der Waals surface area contributed by atoms with Crippen molar-refractivity contribution in [2.45, 2.75) is 97.3 Å². The number of amides is 1. The number of carbonyl (C=O) groups is 2. The highest BCUT2D eigenvalue weighted by Gasteiger charge is 2.05. The zero-order valence-corrected chi connectivity index (χ0v) is 14.2. The second-order valence-corrected chi connectivity index (χ2v) is 6.00. The number of Topliss-reactive ketones (excluding diaryl/α,β-unsaturated/α-hetero) is 1. The molecule has 21 heavy (non-hydrogen) atoms. The lowest BCUT2D eigenvalue weighted by atomic mass is 10.1. The third kappa shape index (κ3) is 15.3. The number of ketones is 1. The van der Waals surface area contributed by atoms with Gasteiger partial charge in [-0.25, -0.2) is 0 Å². The summed E-state index contributed by atoms with van der Waals surface area (Å²) in [6.07, 6.45) is 14.1. The molecule has 3 nitrogen and oxygen atoms in total. The highest BCUT2D eigenvalue weighted by atomic mass is 16.2. The van der Waals surface area contributed by atoms with Crippen molar-refractivity contribution in [1.82, 2.24) is 5.32 Å². The molecular weight excluding hydrogens is 262 g/mol. The van der Waals surface area contributed by atoms with E-state index in [0.29, 0.717) is 12.8 Å². The molecular formula is C18H35NO2. The number of hydrogen-bond acceptors (Lipinski definition) is 2. The fourth-order valence-corrected chi connectivity index (χ4v) is 2.37. The van der Waals surface area contributed by atoms with E-state index in [1.165, 1.54) is 44.9 Å². The molecule has 0 aromatic heterocycles. The van der Waals surface area contributed by atoms with Crippen LogP contribution in [0.3, 0.4) is 0 Å². The summed E-state index contributed by atoms with van der Waals surface area (Å²) in [4.78, 5) is 23.2. The number of rotatable bonds is 15. The highest BCUT2D eigenvalue weighted by molar-refractivity contribution is 5.85. The second-order valence-electron chi connectivity index (χ2n) is 6.00. The largest absolute Gasteiger partial charge is 0.349 e. The van der Waals surface area contributed by atoms with E-state index >= 15 is 0 Å². The van der Waals surface area contributed by atoms with Crippen LogP contribution >= 0.6 is 0 Å². The Morgan fingerprint density at radius 3 is 1.76 bits per heavy atom. The average Bonchev–Trinajstić information content (AvgIpc) is 2.48. The van der Waals surface area contributed by atoms with Crippen LogP contribution in [-0.2, 0) is 9.59 Å². The van der Waals surface area contributed by atoms with Crippen molar-refractivity contribution in [2.75, 3.05) is 6.54 Å². The Morgan fingerprint density at radius 1 is 0.667 bits per heavy atom. The van der Waals surface area contributed by atoms with Crippen LogP contribution in [-0.4, -0.2) is 18.2 Å². The highest BCUT2D eigenvalue weighted by Crippen LogP contribution is 2.08. The molecule has 0 aliphatic rings. The van der Waals surface area contributed by atoms with Gasteiger partial charge in [0.15, 0.2) is 5.78 Å². The van der Waals surface area contributed by atoms with Crippen LogP contribution < -0.4 is 5.32 Å². The Morgan fingerprint density at radius 2 is 1.14 bits per heavy atom. The number of carbonyl (C=O) groups excluding carboxylic acids is 2. The standard InChI is InChI=1S/C18H35NO2/c1-3-5-7-9-10-11-12-14-17(20)16-19-18(21)15-13-8-6-4-2/h3-16H2,1-2H3,(H,19,21). The minimum Gasteiger partial charge on any atom is -0.349 e. The summed E-state index contributed by atoms with van der Waals surface area (Å²) in [7, 11) is 0. The molecule has 0 aromatic carbocycles. The SMILES string of the molecule is CCCCCCCCCC(=O)CNC(=O)CCCCCC. The smallest absolute Gasteiger partial charge is 0.220 e. The molecule has 1 amide bonds. The Bertz CT molecular complexity index is 264. The van der Waals surface area contributed by atoms with Crippen molar-refractivity contribution in [1.29, 1.82) is 0 Å². The van der Waals surface area contributed by atoms with E-state index in [1.54, 1.807) is 0 Å². The molecule has 0 aliphatic carbocycles. The normalized spacial score (nSPS) is 10.6. The van der Waals surface area contributed by atoms with Crippen molar-refractivity contribution >= 4 is 11.7 Å². The third-order valence-corrected chi connectivity index (χ3v) is 3.80. The fraction of sp³-hybridized carbons (Fsp3) is 0.889. The zero-order chi connectivity index (χ0) is 15.8. The fourth-order valence-electron chi connectivity index (χ4n) is 2.37. The van der Waals surface area contributed by atoms with Gasteiger partial charge in [-0.2, -0.15) is 0 Å². The summed E-state index contributed by atoms with van der Waals surface area (Å²) in [5, 5.41) is 2.74. The van der Waals surface area contributed by atoms with Gasteiger partial charge in [0.2, 0.25) is 5.91 Å². The van der Waals surface area contributed by atoms with Gasteiger partial charge in [0, 0.05) is 12.8 Å². The maximum atomic E-state index is 11.6. The first-order chi connectivity index (χ1) is 10.2. The summed E-state index contributed by atoms with van der Waals surface area (Å²) < 4.78 is 0. The third-order valence-electron chi connectivity index (χ3n) is 3.80. The quantitative estimate of drug-likeness (QED) is 0.442. The first-order valence-corrected chi connectivity index (χ1v) is 8.99. The lowest BCUT2D eigenvalue weighted by Crippen LogP contribution is -2.29. The molecule has 0 spiro atoms. The summed E-state index contributed by atoms with van der Waals surface area (Å²) in [6, 6.07) is 0. The predicted octanol–water partition coefficient (Wildman–Crippen LogP) is 4.78. The molecule has 0 saturated carbocycles. The minimum atomic E-state index is 0.0269. The van der Waals surface area contributed by atoms with Gasteiger partial charge in [0.25, 0.3) is 0 Å². The molecule has 0 radical (unpaired) electrons. The van der Waals surface area contributed by atoms with Gasteiger partial charge in [-0.1, -0.05) is 71.6 Å². The number of hydrogen-bond donors (Lipinski definition) is 1. The zero-order valence-electron chi connectivity index (χ0n) is 14.2. The van der Waals surface area contributed by atoms with Crippen molar-refractivity contribution in [3.05, 3.63) is 0 Å². The molecule has 0 aromatic rings. The Balaban J connectivity index is 3.35. The van der Waals surface area contributed by atoms with E-state index in [-0.39, 0.29) is 18.2 Å². The predicted molar refractivity (Wildman–Crippen MR) is 89.4 cm³/mol. The molecule has 0 bridgehead atoms. The van der Waals surface area contributed by atoms with Crippen LogP contribution in [0, 0.1) is 0 Å². The van der Waals surface area contributed by atoms with Crippen LogP contribution in [0.2, 0.25) is 0 Å². The Kier molecular flexibility index (Phi) is 14.9. The van der Waals surface area contributed by atoms with Crippen LogP contribution in [0.5, 0.6) is 0 Å². The van der Waals surface area contributed by atoms with Gasteiger partial charge in [0.1, 0.15) is 0 Å². The van der Waals surface area contributed by atoms with Crippen LogP contribution in [0.4, 0.5) is 0 Å². The number of unbranched alkanes of at least 4 members (excludes halogenated alkanes) is 9. The maximum absolute atomic E-state index is 11.6. The van der Waals surface area contributed by atoms with E-state index in [1.807, 2.05) is 0 Å². The monoisotopic (exact) mass is 297 g/mol. The summed E-state index contributed by atoms with van der Waals surface area (Å²) >= 11 is 0. The van der Waals surface area contributed by atoms with Crippen molar-refractivity contribution in [3.63, 3.8) is 0 Å². The topological polar surface area (TPSA) is 46.2 Å². The first-order valence-electron chi connectivity index (χ1n) is 8.99. The summed E-state index contributed by atoms with van der Waals surface area (Å²) in [5.41, 5.74) is 0. The van der Waals surface area contributed by atoms with Crippen molar-refractivity contribution in [2.24, 2.45) is 0 Å². The molecule has 0 rings (SSSR count). The molecule has 124 valence electrons. The molecule has 0 heterocycles.